The van der Waals surface area contributed by atoms with E-state index in [0.29, 0.717) is 11.9 Å². The SMILES string of the molecule is FC(F)(F)c1cnc(N2CCCC2CNC2CC2)c(Cl)c1. The summed E-state index contributed by atoms with van der Waals surface area (Å²) >= 11 is 6.03. The van der Waals surface area contributed by atoms with Crippen LogP contribution in [0.3, 0.4) is 0 Å². The molecule has 0 bridgehead atoms. The summed E-state index contributed by atoms with van der Waals surface area (Å²) in [5.74, 6) is 0.463. The van der Waals surface area contributed by atoms with Gasteiger partial charge in [-0.3, -0.25) is 0 Å². The minimum absolute atomic E-state index is 0.0724. The van der Waals surface area contributed by atoms with Crippen LogP contribution in [0.5, 0.6) is 0 Å². The van der Waals surface area contributed by atoms with E-state index >= 15 is 0 Å². The van der Waals surface area contributed by atoms with Crippen LogP contribution in [0.1, 0.15) is 31.2 Å². The summed E-state index contributed by atoms with van der Waals surface area (Å²) in [7, 11) is 0. The van der Waals surface area contributed by atoms with Gasteiger partial charge in [0.2, 0.25) is 0 Å². The van der Waals surface area contributed by atoms with E-state index in [2.05, 4.69) is 10.3 Å². The lowest BCUT2D eigenvalue weighted by molar-refractivity contribution is -0.137. The molecule has 116 valence electrons. The quantitative estimate of drug-likeness (QED) is 0.921. The Labute approximate surface area is 126 Å². The minimum atomic E-state index is -4.41. The van der Waals surface area contributed by atoms with E-state index < -0.39 is 11.7 Å². The molecule has 1 atom stereocenters. The van der Waals surface area contributed by atoms with Crippen LogP contribution in [0.4, 0.5) is 19.0 Å². The van der Waals surface area contributed by atoms with Crippen LogP contribution in [-0.2, 0) is 6.18 Å². The topological polar surface area (TPSA) is 28.2 Å². The first-order valence-electron chi connectivity index (χ1n) is 7.18. The molecule has 3 rings (SSSR count). The lowest BCUT2D eigenvalue weighted by Gasteiger charge is -2.27. The van der Waals surface area contributed by atoms with Crippen molar-refractivity contribution in [1.82, 2.24) is 10.3 Å². The summed E-state index contributed by atoms with van der Waals surface area (Å²) in [6, 6.07) is 1.84. The highest BCUT2D eigenvalue weighted by Gasteiger charge is 2.34. The number of hydrogen-bond donors (Lipinski definition) is 1. The van der Waals surface area contributed by atoms with Crippen molar-refractivity contribution in [3.63, 3.8) is 0 Å². The average Bonchev–Trinajstić information content (AvgIpc) is 3.13. The third kappa shape index (κ3) is 3.43. The molecule has 1 N–H and O–H groups in total. The molecule has 0 radical (unpaired) electrons. The lowest BCUT2D eigenvalue weighted by atomic mass is 10.2. The van der Waals surface area contributed by atoms with Gasteiger partial charge in [0.15, 0.2) is 0 Å². The Hall–Kier alpha value is -1.01. The first-order chi connectivity index (χ1) is 9.95. The monoisotopic (exact) mass is 319 g/mol. The number of nitrogens with zero attached hydrogens (tertiary/aromatic N) is 2. The van der Waals surface area contributed by atoms with E-state index in [1.807, 2.05) is 4.90 Å². The maximum atomic E-state index is 12.6. The average molecular weight is 320 g/mol. The molecule has 1 aliphatic heterocycles. The van der Waals surface area contributed by atoms with Gasteiger partial charge < -0.3 is 10.2 Å². The van der Waals surface area contributed by atoms with E-state index in [1.54, 1.807) is 0 Å². The molecule has 2 fully saturated rings. The highest BCUT2D eigenvalue weighted by atomic mass is 35.5. The summed E-state index contributed by atoms with van der Waals surface area (Å²) in [5, 5.41) is 3.53. The molecule has 21 heavy (non-hydrogen) atoms. The normalized spacial score (nSPS) is 22.9. The van der Waals surface area contributed by atoms with Gasteiger partial charge in [-0.25, -0.2) is 4.98 Å². The molecular formula is C14H17ClF3N3. The summed E-state index contributed by atoms with van der Waals surface area (Å²) in [5.41, 5.74) is -0.803. The second-order valence-corrected chi connectivity index (χ2v) is 6.11. The van der Waals surface area contributed by atoms with Crippen molar-refractivity contribution in [1.29, 1.82) is 0 Å². The molecule has 0 amide bonds. The number of hydrogen-bond acceptors (Lipinski definition) is 3. The first kappa shape index (κ1) is 14.9. The molecule has 2 aliphatic rings. The maximum Gasteiger partial charge on any atom is 0.417 e. The Balaban J connectivity index is 1.75. The molecule has 1 saturated carbocycles. The van der Waals surface area contributed by atoms with Crippen molar-refractivity contribution in [2.24, 2.45) is 0 Å². The molecule has 0 spiro atoms. The van der Waals surface area contributed by atoms with Crippen LogP contribution in [0, 0.1) is 0 Å². The van der Waals surface area contributed by atoms with Gasteiger partial charge in [0.1, 0.15) is 5.82 Å². The van der Waals surface area contributed by atoms with Gasteiger partial charge >= 0.3 is 6.18 Å². The molecule has 7 heteroatoms. The standard InChI is InChI=1S/C14H17ClF3N3/c15-12-6-9(14(16,17)18)7-20-13(12)21-5-1-2-11(21)8-19-10-3-4-10/h6-7,10-11,19H,1-5,8H2. The van der Waals surface area contributed by atoms with Gasteiger partial charge in [-0.1, -0.05) is 11.6 Å². The fourth-order valence-electron chi connectivity index (χ4n) is 2.71. The molecule has 2 heterocycles. The third-order valence-electron chi connectivity index (χ3n) is 4.02. The fraction of sp³-hybridized carbons (Fsp3) is 0.643. The number of alkyl halides is 3. The first-order valence-corrected chi connectivity index (χ1v) is 7.55. The Kier molecular flexibility index (Phi) is 4.01. The zero-order valence-electron chi connectivity index (χ0n) is 11.5. The number of pyridine rings is 1. The van der Waals surface area contributed by atoms with Crippen molar-refractivity contribution in [3.8, 4) is 0 Å². The lowest BCUT2D eigenvalue weighted by Crippen LogP contribution is -2.39. The van der Waals surface area contributed by atoms with Crippen molar-refractivity contribution in [2.45, 2.75) is 43.9 Å². The third-order valence-corrected chi connectivity index (χ3v) is 4.30. The van der Waals surface area contributed by atoms with E-state index in [1.165, 1.54) is 12.8 Å². The fourth-order valence-corrected chi connectivity index (χ4v) is 2.99. The van der Waals surface area contributed by atoms with Crippen LogP contribution in [0.2, 0.25) is 5.02 Å². The number of halogens is 4. The van der Waals surface area contributed by atoms with Crippen molar-refractivity contribution >= 4 is 17.4 Å². The van der Waals surface area contributed by atoms with Crippen LogP contribution in [-0.4, -0.2) is 30.2 Å². The van der Waals surface area contributed by atoms with Crippen molar-refractivity contribution in [2.75, 3.05) is 18.0 Å². The molecule has 1 unspecified atom stereocenters. The summed E-state index contributed by atoms with van der Waals surface area (Å²) in [6.07, 6.45) is 0.908. The summed E-state index contributed by atoms with van der Waals surface area (Å²) < 4.78 is 37.9. The Morgan fingerprint density at radius 1 is 1.33 bits per heavy atom. The predicted molar refractivity (Wildman–Crippen MR) is 75.6 cm³/mol. The zero-order chi connectivity index (χ0) is 15.0. The molecule has 1 saturated heterocycles. The molecule has 1 aromatic heterocycles. The predicted octanol–water partition coefficient (Wildman–Crippen LogP) is 3.47. The second-order valence-electron chi connectivity index (χ2n) is 5.70. The maximum absolute atomic E-state index is 12.6. The summed E-state index contributed by atoms with van der Waals surface area (Å²) in [4.78, 5) is 5.99. The zero-order valence-corrected chi connectivity index (χ0v) is 12.2. The van der Waals surface area contributed by atoms with E-state index in [0.717, 1.165) is 38.2 Å². The van der Waals surface area contributed by atoms with Gasteiger partial charge in [-0.15, -0.1) is 0 Å². The van der Waals surface area contributed by atoms with E-state index in [4.69, 9.17) is 11.6 Å². The second kappa shape index (κ2) is 5.65. The van der Waals surface area contributed by atoms with Gasteiger partial charge in [-0.05, 0) is 31.7 Å². The highest BCUT2D eigenvalue weighted by Crippen LogP contribution is 2.35. The van der Waals surface area contributed by atoms with Crippen molar-refractivity contribution in [3.05, 3.63) is 22.8 Å². The van der Waals surface area contributed by atoms with Gasteiger partial charge in [0, 0.05) is 31.4 Å². The van der Waals surface area contributed by atoms with Crippen LogP contribution in [0.15, 0.2) is 12.3 Å². The number of anilines is 1. The molecular weight excluding hydrogens is 303 g/mol. The number of rotatable bonds is 4. The van der Waals surface area contributed by atoms with Crippen LogP contribution < -0.4 is 10.2 Å². The Morgan fingerprint density at radius 3 is 2.71 bits per heavy atom. The van der Waals surface area contributed by atoms with Gasteiger partial charge in [0.05, 0.1) is 10.6 Å². The Morgan fingerprint density at radius 2 is 2.10 bits per heavy atom. The van der Waals surface area contributed by atoms with Gasteiger partial charge in [0.25, 0.3) is 0 Å². The van der Waals surface area contributed by atoms with Crippen LogP contribution in [0.25, 0.3) is 0 Å². The van der Waals surface area contributed by atoms with E-state index in [9.17, 15) is 13.2 Å². The van der Waals surface area contributed by atoms with Gasteiger partial charge in [-0.2, -0.15) is 13.2 Å². The molecule has 1 aliphatic carbocycles. The number of aromatic nitrogens is 1. The molecule has 1 aromatic rings. The number of nitrogens with one attached hydrogen (secondary N) is 1. The Bertz CT molecular complexity index is 517. The molecule has 0 aromatic carbocycles. The van der Waals surface area contributed by atoms with Crippen LogP contribution >= 0.6 is 11.6 Å². The van der Waals surface area contributed by atoms with E-state index in [-0.39, 0.29) is 11.1 Å². The largest absolute Gasteiger partial charge is 0.417 e. The summed E-state index contributed by atoms with van der Waals surface area (Å²) in [6.45, 7) is 1.62. The van der Waals surface area contributed by atoms with Crippen molar-refractivity contribution < 1.29 is 13.2 Å². The smallest absolute Gasteiger partial charge is 0.351 e. The molecule has 3 nitrogen and oxygen atoms in total. The highest BCUT2D eigenvalue weighted by molar-refractivity contribution is 6.33. The minimum Gasteiger partial charge on any atom is -0.351 e.